The molecule has 1 heterocycles. The smallest absolute Gasteiger partial charge is 0.0195 e. The lowest BCUT2D eigenvalue weighted by Crippen LogP contribution is -2.55. The highest BCUT2D eigenvalue weighted by atomic mass is 79.9. The minimum Gasteiger partial charge on any atom is -0.300 e. The van der Waals surface area contributed by atoms with Crippen LogP contribution < -0.4 is 0 Å². The number of alkyl halides is 1. The lowest BCUT2D eigenvalue weighted by atomic mass is 10.0. The molecule has 3 atom stereocenters. The Morgan fingerprint density at radius 1 is 1.27 bits per heavy atom. The molecule has 15 heavy (non-hydrogen) atoms. The Bertz CT molecular complexity index is 170. The molecule has 0 aliphatic carbocycles. The molecular formula is C12H25BrN2. The van der Waals surface area contributed by atoms with Gasteiger partial charge in [0.2, 0.25) is 0 Å². The number of halogens is 1. The minimum absolute atomic E-state index is 0.696. The normalized spacial score (nSPS) is 31.8. The third-order valence-corrected chi connectivity index (χ3v) is 4.66. The number of rotatable bonds is 4. The SMILES string of the molecule is CCC(CBr)CN1CC(C)N(C)C(C)C1. The summed E-state index contributed by atoms with van der Waals surface area (Å²) in [6, 6.07) is 1.39. The van der Waals surface area contributed by atoms with Gasteiger partial charge >= 0.3 is 0 Å². The van der Waals surface area contributed by atoms with Crippen molar-refractivity contribution >= 4 is 15.9 Å². The third kappa shape index (κ3) is 3.72. The van der Waals surface area contributed by atoms with Gasteiger partial charge in [-0.2, -0.15) is 0 Å². The fourth-order valence-electron chi connectivity index (χ4n) is 2.32. The van der Waals surface area contributed by atoms with Crippen molar-refractivity contribution in [3.8, 4) is 0 Å². The highest BCUT2D eigenvalue weighted by Crippen LogP contribution is 2.16. The van der Waals surface area contributed by atoms with Gasteiger partial charge < -0.3 is 0 Å². The van der Waals surface area contributed by atoms with Crippen LogP contribution in [0.4, 0.5) is 0 Å². The molecule has 0 bridgehead atoms. The van der Waals surface area contributed by atoms with Gasteiger partial charge in [-0.05, 0) is 26.8 Å². The largest absolute Gasteiger partial charge is 0.300 e. The molecule has 0 aromatic carbocycles. The van der Waals surface area contributed by atoms with E-state index in [1.165, 1.54) is 26.1 Å². The van der Waals surface area contributed by atoms with E-state index in [1.807, 2.05) is 0 Å². The molecule has 1 fully saturated rings. The van der Waals surface area contributed by atoms with E-state index in [9.17, 15) is 0 Å². The molecule has 90 valence electrons. The first-order chi connectivity index (χ1) is 7.08. The predicted octanol–water partition coefficient (Wildman–Crippen LogP) is 2.43. The highest BCUT2D eigenvalue weighted by Gasteiger charge is 2.27. The van der Waals surface area contributed by atoms with Crippen LogP contribution in [-0.2, 0) is 0 Å². The highest BCUT2D eigenvalue weighted by molar-refractivity contribution is 9.09. The molecule has 3 heteroatoms. The monoisotopic (exact) mass is 276 g/mol. The van der Waals surface area contributed by atoms with Crippen molar-refractivity contribution in [2.24, 2.45) is 5.92 Å². The predicted molar refractivity (Wildman–Crippen MR) is 70.7 cm³/mol. The molecule has 0 aromatic heterocycles. The average Bonchev–Trinajstić information content (AvgIpc) is 2.22. The molecule has 2 nitrogen and oxygen atoms in total. The third-order valence-electron chi connectivity index (χ3n) is 3.75. The summed E-state index contributed by atoms with van der Waals surface area (Å²) in [4.78, 5) is 5.12. The Morgan fingerprint density at radius 3 is 2.20 bits per heavy atom. The van der Waals surface area contributed by atoms with Gasteiger partial charge in [-0.3, -0.25) is 9.80 Å². The summed E-state index contributed by atoms with van der Waals surface area (Å²) >= 11 is 3.61. The van der Waals surface area contributed by atoms with Crippen LogP contribution in [0.3, 0.4) is 0 Å². The first-order valence-corrected chi connectivity index (χ1v) is 7.20. The zero-order chi connectivity index (χ0) is 11.4. The fraction of sp³-hybridized carbons (Fsp3) is 1.00. The van der Waals surface area contributed by atoms with Crippen molar-refractivity contribution in [2.75, 3.05) is 32.0 Å². The first kappa shape index (κ1) is 13.5. The molecule has 1 rings (SSSR count). The molecule has 3 unspecified atom stereocenters. The molecule has 0 saturated carbocycles. The molecular weight excluding hydrogens is 252 g/mol. The van der Waals surface area contributed by atoms with Crippen LogP contribution in [0.1, 0.15) is 27.2 Å². The first-order valence-electron chi connectivity index (χ1n) is 6.08. The van der Waals surface area contributed by atoms with E-state index >= 15 is 0 Å². The quantitative estimate of drug-likeness (QED) is 0.728. The van der Waals surface area contributed by atoms with Crippen molar-refractivity contribution in [2.45, 2.75) is 39.3 Å². The van der Waals surface area contributed by atoms with Crippen molar-refractivity contribution in [1.82, 2.24) is 9.80 Å². The second kappa shape index (κ2) is 6.21. The van der Waals surface area contributed by atoms with Gasteiger partial charge in [0.25, 0.3) is 0 Å². The Balaban J connectivity index is 2.43. The van der Waals surface area contributed by atoms with Gasteiger partial charge in [0, 0.05) is 37.0 Å². The van der Waals surface area contributed by atoms with E-state index in [1.54, 1.807) is 0 Å². The van der Waals surface area contributed by atoms with Gasteiger partial charge in [0.1, 0.15) is 0 Å². The fourth-order valence-corrected chi connectivity index (χ4v) is 2.98. The van der Waals surface area contributed by atoms with Crippen LogP contribution in [0, 0.1) is 5.92 Å². The standard InChI is InChI=1S/C12H25BrN2/c1-5-12(6-13)9-15-7-10(2)14(4)11(3)8-15/h10-12H,5-9H2,1-4H3. The molecule has 0 aromatic rings. The Morgan fingerprint density at radius 2 is 1.80 bits per heavy atom. The van der Waals surface area contributed by atoms with Crippen LogP contribution in [0.25, 0.3) is 0 Å². The van der Waals surface area contributed by atoms with E-state index in [-0.39, 0.29) is 0 Å². The summed E-state index contributed by atoms with van der Waals surface area (Å²) < 4.78 is 0. The second-order valence-corrected chi connectivity index (χ2v) is 5.66. The number of likely N-dealkylation sites (N-methyl/N-ethyl adjacent to an activating group) is 1. The number of nitrogens with zero attached hydrogens (tertiary/aromatic N) is 2. The van der Waals surface area contributed by atoms with Crippen LogP contribution in [0.5, 0.6) is 0 Å². The summed E-state index contributed by atoms with van der Waals surface area (Å²) in [7, 11) is 2.24. The molecule has 0 N–H and O–H groups in total. The van der Waals surface area contributed by atoms with Crippen molar-refractivity contribution in [3.63, 3.8) is 0 Å². The topological polar surface area (TPSA) is 6.48 Å². The van der Waals surface area contributed by atoms with Gasteiger partial charge in [-0.1, -0.05) is 29.3 Å². The number of piperazine rings is 1. The van der Waals surface area contributed by atoms with Crippen molar-refractivity contribution in [3.05, 3.63) is 0 Å². The summed E-state index contributed by atoms with van der Waals surface area (Å²) in [6.45, 7) is 10.7. The number of hydrogen-bond donors (Lipinski definition) is 0. The Hall–Kier alpha value is 0.400. The van der Waals surface area contributed by atoms with Crippen molar-refractivity contribution in [1.29, 1.82) is 0 Å². The lowest BCUT2D eigenvalue weighted by Gasteiger charge is -2.43. The van der Waals surface area contributed by atoms with E-state index in [0.717, 1.165) is 11.2 Å². The zero-order valence-corrected chi connectivity index (χ0v) is 12.1. The second-order valence-electron chi connectivity index (χ2n) is 5.01. The van der Waals surface area contributed by atoms with E-state index in [0.29, 0.717) is 12.1 Å². The average molecular weight is 277 g/mol. The summed E-state index contributed by atoms with van der Waals surface area (Å²) in [6.07, 6.45) is 1.28. The molecule has 0 radical (unpaired) electrons. The van der Waals surface area contributed by atoms with E-state index in [4.69, 9.17) is 0 Å². The maximum atomic E-state index is 3.61. The summed E-state index contributed by atoms with van der Waals surface area (Å²) in [5.74, 6) is 0.813. The zero-order valence-electron chi connectivity index (χ0n) is 10.5. The summed E-state index contributed by atoms with van der Waals surface area (Å²) in [5, 5.41) is 1.14. The molecule has 1 aliphatic heterocycles. The molecule has 1 saturated heterocycles. The van der Waals surface area contributed by atoms with Crippen molar-refractivity contribution < 1.29 is 0 Å². The number of hydrogen-bond acceptors (Lipinski definition) is 2. The molecule has 0 amide bonds. The molecule has 1 aliphatic rings. The summed E-state index contributed by atoms with van der Waals surface area (Å²) in [5.41, 5.74) is 0. The van der Waals surface area contributed by atoms with Gasteiger partial charge in [0.15, 0.2) is 0 Å². The lowest BCUT2D eigenvalue weighted by molar-refractivity contribution is 0.0523. The minimum atomic E-state index is 0.696. The van der Waals surface area contributed by atoms with Crippen LogP contribution in [-0.4, -0.2) is 53.9 Å². The van der Waals surface area contributed by atoms with Crippen LogP contribution in [0.15, 0.2) is 0 Å². The van der Waals surface area contributed by atoms with Gasteiger partial charge in [-0.15, -0.1) is 0 Å². The van der Waals surface area contributed by atoms with E-state index < -0.39 is 0 Å². The van der Waals surface area contributed by atoms with Gasteiger partial charge in [-0.25, -0.2) is 0 Å². The molecule has 0 spiro atoms. The maximum absolute atomic E-state index is 3.61. The Kier molecular flexibility index (Phi) is 5.58. The van der Waals surface area contributed by atoms with Crippen LogP contribution >= 0.6 is 15.9 Å². The Labute approximate surface area is 103 Å². The van der Waals surface area contributed by atoms with Crippen LogP contribution in [0.2, 0.25) is 0 Å². The maximum Gasteiger partial charge on any atom is 0.0195 e. The van der Waals surface area contributed by atoms with Gasteiger partial charge in [0.05, 0.1) is 0 Å². The van der Waals surface area contributed by atoms with E-state index in [2.05, 4.69) is 53.5 Å².